The van der Waals surface area contributed by atoms with E-state index >= 15 is 0 Å². The maximum absolute atomic E-state index is 12.7. The van der Waals surface area contributed by atoms with E-state index in [2.05, 4.69) is 29.6 Å². The highest BCUT2D eigenvalue weighted by atomic mass is 32.2. The molecule has 3 aromatic carbocycles. The Balaban J connectivity index is 1.19. The monoisotopic (exact) mass is 461 g/mol. The lowest BCUT2D eigenvalue weighted by Gasteiger charge is -2.38. The van der Waals surface area contributed by atoms with Gasteiger partial charge in [-0.05, 0) is 41.3 Å². The first-order valence-electron chi connectivity index (χ1n) is 11.3. The molecule has 0 radical (unpaired) electrons. The van der Waals surface area contributed by atoms with E-state index in [-0.39, 0.29) is 24.1 Å². The van der Waals surface area contributed by atoms with Gasteiger partial charge in [0.25, 0.3) is 0 Å². The SMILES string of the molecule is C[C@@H]1O[C@@H](Sc2ccccc2)C[C@H](O)[C@@H]1NC(=O)OCC1c2ccccc2-c2ccccc21. The number of alkyl carbamates (subject to hydrolysis) is 1. The molecule has 0 unspecified atom stereocenters. The van der Waals surface area contributed by atoms with Gasteiger partial charge in [-0.2, -0.15) is 0 Å². The van der Waals surface area contributed by atoms with Gasteiger partial charge in [0.15, 0.2) is 0 Å². The fraction of sp³-hybridized carbons (Fsp3) is 0.296. The summed E-state index contributed by atoms with van der Waals surface area (Å²) in [7, 11) is 0. The minimum atomic E-state index is -0.713. The van der Waals surface area contributed by atoms with Crippen LogP contribution in [-0.2, 0) is 9.47 Å². The van der Waals surface area contributed by atoms with Crippen molar-refractivity contribution in [2.45, 2.75) is 47.8 Å². The third kappa shape index (κ3) is 4.64. The van der Waals surface area contributed by atoms with Gasteiger partial charge in [-0.1, -0.05) is 78.5 Å². The third-order valence-electron chi connectivity index (χ3n) is 6.36. The lowest BCUT2D eigenvalue weighted by molar-refractivity contribution is -0.0753. The van der Waals surface area contributed by atoms with Gasteiger partial charge in [-0.25, -0.2) is 4.79 Å². The molecule has 0 saturated carbocycles. The molecule has 1 heterocycles. The van der Waals surface area contributed by atoms with Crippen molar-refractivity contribution in [1.29, 1.82) is 0 Å². The second-order valence-electron chi connectivity index (χ2n) is 8.50. The van der Waals surface area contributed by atoms with Gasteiger partial charge in [0.1, 0.15) is 12.0 Å². The van der Waals surface area contributed by atoms with Crippen molar-refractivity contribution < 1.29 is 19.4 Å². The van der Waals surface area contributed by atoms with Crippen molar-refractivity contribution in [3.63, 3.8) is 0 Å². The quantitative estimate of drug-likeness (QED) is 0.548. The van der Waals surface area contributed by atoms with Gasteiger partial charge < -0.3 is 19.9 Å². The van der Waals surface area contributed by atoms with E-state index in [1.165, 1.54) is 22.3 Å². The van der Waals surface area contributed by atoms with Crippen LogP contribution >= 0.6 is 11.8 Å². The zero-order chi connectivity index (χ0) is 22.8. The van der Waals surface area contributed by atoms with Gasteiger partial charge in [-0.15, -0.1) is 0 Å². The van der Waals surface area contributed by atoms with Crippen molar-refractivity contribution in [2.75, 3.05) is 6.61 Å². The van der Waals surface area contributed by atoms with Crippen molar-refractivity contribution in [2.24, 2.45) is 0 Å². The number of aliphatic hydroxyl groups excluding tert-OH is 1. The molecule has 0 spiro atoms. The van der Waals surface area contributed by atoms with Crippen LogP contribution < -0.4 is 5.32 Å². The summed E-state index contributed by atoms with van der Waals surface area (Å²) in [6.07, 6.45) is -1.16. The van der Waals surface area contributed by atoms with Crippen LogP contribution in [0.15, 0.2) is 83.8 Å². The standard InChI is InChI=1S/C27H27NO4S/c1-17-26(24(29)15-25(32-17)33-18-9-3-2-4-10-18)28-27(30)31-16-23-21-13-7-5-11-19(21)20-12-6-8-14-22(20)23/h2-14,17,23-26,29H,15-16H2,1H3,(H,28,30)/t17-,24-,25-,26+/m0/s1. The molecule has 3 aromatic rings. The summed E-state index contributed by atoms with van der Waals surface area (Å²) in [5.74, 6) is -0.000226. The summed E-state index contributed by atoms with van der Waals surface area (Å²) in [6.45, 7) is 2.11. The van der Waals surface area contributed by atoms with Crippen LogP contribution in [0.4, 0.5) is 4.79 Å². The molecule has 5 rings (SSSR count). The lowest BCUT2D eigenvalue weighted by Crippen LogP contribution is -2.55. The van der Waals surface area contributed by atoms with Crippen LogP contribution in [0.1, 0.15) is 30.4 Å². The highest BCUT2D eigenvalue weighted by molar-refractivity contribution is 7.99. The zero-order valence-corrected chi connectivity index (χ0v) is 19.2. The number of benzene rings is 3. The number of carbonyl (C=O) groups excluding carboxylic acids is 1. The summed E-state index contributed by atoms with van der Waals surface area (Å²) >= 11 is 1.58. The average molecular weight is 462 g/mol. The summed E-state index contributed by atoms with van der Waals surface area (Å²) in [5, 5.41) is 13.5. The Hall–Kier alpha value is -2.80. The highest BCUT2D eigenvalue weighted by Gasteiger charge is 2.37. The molecule has 1 aliphatic carbocycles. The van der Waals surface area contributed by atoms with Crippen molar-refractivity contribution in [1.82, 2.24) is 5.32 Å². The van der Waals surface area contributed by atoms with Crippen LogP contribution in [-0.4, -0.2) is 41.5 Å². The van der Waals surface area contributed by atoms with Gasteiger partial charge in [0.2, 0.25) is 0 Å². The molecule has 1 saturated heterocycles. The first-order valence-corrected chi connectivity index (χ1v) is 12.1. The molecular weight excluding hydrogens is 434 g/mol. The maximum atomic E-state index is 12.7. The number of aliphatic hydroxyl groups is 1. The Labute approximate surface area is 198 Å². The van der Waals surface area contributed by atoms with Crippen LogP contribution in [0.2, 0.25) is 0 Å². The molecular formula is C27H27NO4S. The molecule has 5 nitrogen and oxygen atoms in total. The number of nitrogens with one attached hydrogen (secondary N) is 1. The molecule has 0 aromatic heterocycles. The maximum Gasteiger partial charge on any atom is 0.407 e. The fourth-order valence-electron chi connectivity index (χ4n) is 4.75. The number of rotatable bonds is 5. The summed E-state index contributed by atoms with van der Waals surface area (Å²) in [4.78, 5) is 13.7. The molecule has 2 aliphatic rings. The predicted octanol–water partition coefficient (Wildman–Crippen LogP) is 5.18. The topological polar surface area (TPSA) is 67.8 Å². The smallest absolute Gasteiger partial charge is 0.407 e. The zero-order valence-electron chi connectivity index (χ0n) is 18.4. The fourth-order valence-corrected chi connectivity index (χ4v) is 5.89. The van der Waals surface area contributed by atoms with E-state index in [0.29, 0.717) is 6.42 Å². The predicted molar refractivity (Wildman–Crippen MR) is 129 cm³/mol. The van der Waals surface area contributed by atoms with E-state index in [9.17, 15) is 9.90 Å². The number of hydrogen-bond donors (Lipinski definition) is 2. The van der Waals surface area contributed by atoms with E-state index < -0.39 is 18.2 Å². The molecule has 0 bridgehead atoms. The molecule has 2 N–H and O–H groups in total. The summed E-state index contributed by atoms with van der Waals surface area (Å²) in [6, 6.07) is 25.9. The minimum Gasteiger partial charge on any atom is -0.449 e. The first-order chi connectivity index (χ1) is 16.1. The Morgan fingerprint density at radius 3 is 2.24 bits per heavy atom. The highest BCUT2D eigenvalue weighted by Crippen LogP contribution is 2.44. The van der Waals surface area contributed by atoms with Crippen molar-refractivity contribution in [3.8, 4) is 11.1 Å². The second-order valence-corrected chi connectivity index (χ2v) is 9.73. The summed E-state index contributed by atoms with van der Waals surface area (Å²) in [5.41, 5.74) is 4.55. The number of hydrogen-bond acceptors (Lipinski definition) is 5. The summed E-state index contributed by atoms with van der Waals surface area (Å²) < 4.78 is 11.7. The molecule has 1 aliphatic heterocycles. The van der Waals surface area contributed by atoms with E-state index in [4.69, 9.17) is 9.47 Å². The molecule has 4 atom stereocenters. The number of amides is 1. The Morgan fingerprint density at radius 1 is 1.00 bits per heavy atom. The number of thioether (sulfide) groups is 1. The van der Waals surface area contributed by atoms with Crippen LogP contribution in [0.5, 0.6) is 0 Å². The van der Waals surface area contributed by atoms with E-state index in [1.807, 2.05) is 61.5 Å². The molecule has 170 valence electrons. The van der Waals surface area contributed by atoms with Crippen LogP contribution in [0, 0.1) is 0 Å². The largest absolute Gasteiger partial charge is 0.449 e. The molecule has 6 heteroatoms. The first kappa shape index (κ1) is 22.0. The van der Waals surface area contributed by atoms with Crippen LogP contribution in [0.3, 0.4) is 0 Å². The third-order valence-corrected chi connectivity index (χ3v) is 7.47. The Kier molecular flexibility index (Phi) is 6.40. The van der Waals surface area contributed by atoms with Gasteiger partial charge in [0.05, 0.1) is 18.2 Å². The normalized spacial score (nSPS) is 24.1. The van der Waals surface area contributed by atoms with Gasteiger partial charge in [0, 0.05) is 17.2 Å². The molecule has 33 heavy (non-hydrogen) atoms. The van der Waals surface area contributed by atoms with Gasteiger partial charge >= 0.3 is 6.09 Å². The van der Waals surface area contributed by atoms with Gasteiger partial charge in [-0.3, -0.25) is 0 Å². The average Bonchev–Trinajstić information content (AvgIpc) is 3.14. The number of ether oxygens (including phenoxy) is 2. The number of fused-ring (bicyclic) bond motifs is 3. The van der Waals surface area contributed by atoms with E-state index in [0.717, 1.165) is 4.90 Å². The van der Waals surface area contributed by atoms with Crippen LogP contribution in [0.25, 0.3) is 11.1 Å². The minimum absolute atomic E-state index is 0.000226. The second kappa shape index (κ2) is 9.59. The molecule has 1 fully saturated rings. The Morgan fingerprint density at radius 2 is 1.61 bits per heavy atom. The Bertz CT molecular complexity index is 1060. The van der Waals surface area contributed by atoms with Crippen molar-refractivity contribution >= 4 is 17.9 Å². The molecule has 1 amide bonds. The van der Waals surface area contributed by atoms with Crippen molar-refractivity contribution in [3.05, 3.63) is 90.0 Å². The number of carbonyl (C=O) groups is 1. The van der Waals surface area contributed by atoms with E-state index in [1.54, 1.807) is 11.8 Å². The lowest BCUT2D eigenvalue weighted by atomic mass is 9.98.